The van der Waals surface area contributed by atoms with E-state index in [2.05, 4.69) is 39.9 Å². The molecule has 0 aliphatic carbocycles. The van der Waals surface area contributed by atoms with Crippen LogP contribution in [-0.4, -0.2) is 47.9 Å². The maximum atomic E-state index is 12.4. The van der Waals surface area contributed by atoms with Gasteiger partial charge in [-0.05, 0) is 44.2 Å². The molecule has 0 saturated carbocycles. The van der Waals surface area contributed by atoms with Gasteiger partial charge in [0, 0.05) is 49.4 Å². The second-order valence-corrected chi connectivity index (χ2v) is 8.96. The molecule has 10 nitrogen and oxygen atoms in total. The first kappa shape index (κ1) is 28.4. The number of carbonyl (C=O) groups excluding carboxylic acids is 2. The van der Waals surface area contributed by atoms with Gasteiger partial charge in [-0.1, -0.05) is 29.8 Å². The molecular weight excluding hydrogens is 494 g/mol. The van der Waals surface area contributed by atoms with Crippen molar-refractivity contribution < 1.29 is 23.6 Å². The summed E-state index contributed by atoms with van der Waals surface area (Å²) in [5.74, 6) is 4.71. The van der Waals surface area contributed by atoms with E-state index in [1.807, 2.05) is 48.9 Å². The molecule has 1 aromatic heterocycles. The van der Waals surface area contributed by atoms with Gasteiger partial charge in [0.15, 0.2) is 0 Å². The number of nitrogens with one attached hydrogen (secondary N) is 2. The van der Waals surface area contributed by atoms with Crippen LogP contribution in [0.1, 0.15) is 31.0 Å². The maximum absolute atomic E-state index is 12.4. The van der Waals surface area contributed by atoms with E-state index < -0.39 is 0 Å². The normalized spacial score (nSPS) is 10.9. The number of rotatable bonds is 15. The number of amides is 2. The third-order valence-electron chi connectivity index (χ3n) is 5.41. The number of nitrogens with two attached hydrogens (primary N) is 1. The third kappa shape index (κ3) is 9.30. The number of hydrogen-bond donors (Lipinski definition) is 3. The SMILES string of the molecule is CCOCCC(=O)NCCNC(=O)CCc1cc(-c2ccc(C)cc2)n(-c2ccc(SOON)cc2)n1. The minimum atomic E-state index is -0.0986. The molecule has 0 aliphatic heterocycles. The molecule has 3 aromatic rings. The molecule has 0 aliphatic rings. The Kier molecular flexibility index (Phi) is 11.6. The van der Waals surface area contributed by atoms with Crippen LogP contribution in [0, 0.1) is 6.92 Å². The summed E-state index contributed by atoms with van der Waals surface area (Å²) in [6.45, 7) is 5.65. The largest absolute Gasteiger partial charge is 0.381 e. The van der Waals surface area contributed by atoms with Crippen LogP contribution in [0.2, 0.25) is 0 Å². The maximum Gasteiger partial charge on any atom is 0.222 e. The average molecular weight is 528 g/mol. The fourth-order valence-corrected chi connectivity index (χ4v) is 3.88. The third-order valence-corrected chi connectivity index (χ3v) is 6.02. The molecular formula is C26H33N5O5S. The van der Waals surface area contributed by atoms with Gasteiger partial charge in [0.05, 0.1) is 35.7 Å². The molecule has 4 N–H and O–H groups in total. The first-order valence-corrected chi connectivity index (χ1v) is 12.8. The van der Waals surface area contributed by atoms with Gasteiger partial charge in [-0.3, -0.25) is 9.59 Å². The topological polar surface area (TPSA) is 130 Å². The molecule has 0 radical (unpaired) electrons. The van der Waals surface area contributed by atoms with Crippen molar-refractivity contribution >= 4 is 23.9 Å². The molecule has 0 atom stereocenters. The predicted octanol–water partition coefficient (Wildman–Crippen LogP) is 3.27. The van der Waals surface area contributed by atoms with Crippen LogP contribution < -0.4 is 16.5 Å². The van der Waals surface area contributed by atoms with Crippen LogP contribution in [-0.2, 0) is 30.1 Å². The van der Waals surface area contributed by atoms with Gasteiger partial charge in [0.1, 0.15) is 0 Å². The Hall–Kier alpha value is -3.22. The predicted molar refractivity (Wildman–Crippen MR) is 141 cm³/mol. The van der Waals surface area contributed by atoms with Gasteiger partial charge >= 0.3 is 0 Å². The summed E-state index contributed by atoms with van der Waals surface area (Å²) >= 11 is 1.01. The van der Waals surface area contributed by atoms with Crippen LogP contribution in [0.3, 0.4) is 0 Å². The summed E-state index contributed by atoms with van der Waals surface area (Å²) in [5, 5.41) is 10.4. The van der Waals surface area contributed by atoms with Crippen LogP contribution >= 0.6 is 12.0 Å². The molecule has 1 heterocycles. The fourth-order valence-electron chi connectivity index (χ4n) is 3.51. The minimum Gasteiger partial charge on any atom is -0.381 e. The number of hydrogen-bond acceptors (Lipinski definition) is 8. The molecule has 0 unspecified atom stereocenters. The molecule has 0 bridgehead atoms. The number of ether oxygens (including phenoxy) is 1. The second-order valence-electron chi connectivity index (χ2n) is 8.19. The molecule has 11 heteroatoms. The fraction of sp³-hybridized carbons (Fsp3) is 0.346. The highest BCUT2D eigenvalue weighted by Gasteiger charge is 2.13. The summed E-state index contributed by atoms with van der Waals surface area (Å²) in [7, 11) is 0. The zero-order valence-electron chi connectivity index (χ0n) is 21.1. The lowest BCUT2D eigenvalue weighted by Gasteiger charge is -2.09. The van der Waals surface area contributed by atoms with Gasteiger partial charge in [0.2, 0.25) is 11.8 Å². The summed E-state index contributed by atoms with van der Waals surface area (Å²) in [6.07, 6.45) is 1.08. The van der Waals surface area contributed by atoms with E-state index in [1.165, 1.54) is 5.56 Å². The molecule has 198 valence electrons. The molecule has 0 saturated heterocycles. The molecule has 3 rings (SSSR count). The van der Waals surface area contributed by atoms with Crippen LogP contribution in [0.5, 0.6) is 0 Å². The van der Waals surface area contributed by atoms with E-state index in [0.717, 1.165) is 39.6 Å². The zero-order valence-corrected chi connectivity index (χ0v) is 21.9. The Labute approximate surface area is 220 Å². The molecule has 37 heavy (non-hydrogen) atoms. The lowest BCUT2D eigenvalue weighted by atomic mass is 10.1. The van der Waals surface area contributed by atoms with Gasteiger partial charge in [0.25, 0.3) is 0 Å². The summed E-state index contributed by atoms with van der Waals surface area (Å²) in [4.78, 5) is 29.0. The van der Waals surface area contributed by atoms with Crippen molar-refractivity contribution in [1.82, 2.24) is 20.4 Å². The minimum absolute atomic E-state index is 0.0938. The van der Waals surface area contributed by atoms with Crippen molar-refractivity contribution in [2.45, 2.75) is 38.0 Å². The summed E-state index contributed by atoms with van der Waals surface area (Å²) < 4.78 is 11.7. The highest BCUT2D eigenvalue weighted by atomic mass is 32.2. The van der Waals surface area contributed by atoms with Crippen molar-refractivity contribution in [3.63, 3.8) is 0 Å². The number of nitrogens with zero attached hydrogens (tertiary/aromatic N) is 2. The van der Waals surface area contributed by atoms with Crippen LogP contribution in [0.4, 0.5) is 0 Å². The Bertz CT molecular complexity index is 1140. The van der Waals surface area contributed by atoms with E-state index in [-0.39, 0.29) is 18.2 Å². The Morgan fingerprint density at radius 1 is 1.00 bits per heavy atom. The zero-order chi connectivity index (χ0) is 26.5. The first-order chi connectivity index (χ1) is 18.0. The number of aryl methyl sites for hydroxylation is 2. The highest BCUT2D eigenvalue weighted by Crippen LogP contribution is 2.27. The lowest BCUT2D eigenvalue weighted by molar-refractivity contribution is -0.195. The van der Waals surface area contributed by atoms with Crippen molar-refractivity contribution in [1.29, 1.82) is 0 Å². The van der Waals surface area contributed by atoms with Gasteiger partial charge in [-0.2, -0.15) is 11.0 Å². The van der Waals surface area contributed by atoms with Crippen LogP contribution in [0.15, 0.2) is 59.5 Å². The van der Waals surface area contributed by atoms with Gasteiger partial charge < -0.3 is 15.4 Å². The standard InChI is InChI=1S/C26H33N5O5S/c1-3-34-17-14-26(33)29-16-15-28-25(32)13-8-21-18-24(20-6-4-19(2)5-7-20)31(30-21)22-9-11-23(12-10-22)37-36-35-27/h4-7,9-12,18H,3,8,13-17,27H2,1-2H3,(H,28,32)(H,29,33). The van der Waals surface area contributed by atoms with Crippen molar-refractivity contribution in [3.05, 3.63) is 65.9 Å². The van der Waals surface area contributed by atoms with E-state index in [0.29, 0.717) is 39.1 Å². The lowest BCUT2D eigenvalue weighted by Crippen LogP contribution is -2.35. The van der Waals surface area contributed by atoms with E-state index in [4.69, 9.17) is 20.1 Å². The van der Waals surface area contributed by atoms with Crippen molar-refractivity contribution in [2.75, 3.05) is 26.3 Å². The van der Waals surface area contributed by atoms with Crippen molar-refractivity contribution in [3.8, 4) is 16.9 Å². The second kappa shape index (κ2) is 15.1. The smallest absolute Gasteiger partial charge is 0.222 e. The van der Waals surface area contributed by atoms with Gasteiger partial charge in [-0.25, -0.2) is 4.68 Å². The average Bonchev–Trinajstić information content (AvgIpc) is 3.34. The number of carbonyl (C=O) groups is 2. The summed E-state index contributed by atoms with van der Waals surface area (Å²) in [6, 6.07) is 17.8. The quantitative estimate of drug-likeness (QED) is 0.119. The summed E-state index contributed by atoms with van der Waals surface area (Å²) in [5.41, 5.74) is 4.78. The monoisotopic (exact) mass is 527 g/mol. The van der Waals surface area contributed by atoms with Crippen molar-refractivity contribution in [2.24, 2.45) is 5.90 Å². The van der Waals surface area contributed by atoms with Gasteiger partial charge in [-0.15, -0.1) is 9.32 Å². The highest BCUT2D eigenvalue weighted by molar-refractivity contribution is 7.94. The van der Waals surface area contributed by atoms with Crippen LogP contribution in [0.25, 0.3) is 16.9 Å². The number of aromatic nitrogens is 2. The first-order valence-electron chi connectivity index (χ1n) is 12.1. The Morgan fingerprint density at radius 2 is 1.68 bits per heavy atom. The number of benzene rings is 2. The molecule has 2 aromatic carbocycles. The Morgan fingerprint density at radius 3 is 2.32 bits per heavy atom. The molecule has 2 amide bonds. The molecule has 0 fully saturated rings. The van der Waals surface area contributed by atoms with E-state index in [1.54, 1.807) is 0 Å². The molecule has 0 spiro atoms. The van der Waals surface area contributed by atoms with E-state index in [9.17, 15) is 9.59 Å². The Balaban J connectivity index is 1.61. The van der Waals surface area contributed by atoms with E-state index >= 15 is 0 Å².